The highest BCUT2D eigenvalue weighted by Crippen LogP contribution is 2.37. The predicted octanol–water partition coefficient (Wildman–Crippen LogP) is 3.99. The molecular weight excluding hydrogens is 338 g/mol. The number of likely N-dealkylation sites (tertiary alicyclic amines) is 1. The van der Waals surface area contributed by atoms with Crippen LogP contribution in [0, 0.1) is 11.3 Å². The number of carbonyl (C=O) groups is 1. The van der Waals surface area contributed by atoms with Gasteiger partial charge in [0.1, 0.15) is 5.60 Å². The van der Waals surface area contributed by atoms with Gasteiger partial charge in [0.15, 0.2) is 0 Å². The molecule has 3 rings (SSSR count). The number of alkyl carbamates (subject to hydrolysis) is 1. The van der Waals surface area contributed by atoms with Gasteiger partial charge >= 0.3 is 6.09 Å². The predicted molar refractivity (Wildman–Crippen MR) is 105 cm³/mol. The van der Waals surface area contributed by atoms with E-state index in [-0.39, 0.29) is 17.6 Å². The Morgan fingerprint density at radius 1 is 1.22 bits per heavy atom. The molecule has 1 aromatic rings. The number of nitriles is 1. The third-order valence-corrected chi connectivity index (χ3v) is 5.83. The molecular formula is C22H31N3O2. The zero-order valence-corrected chi connectivity index (χ0v) is 16.7. The fourth-order valence-electron chi connectivity index (χ4n) is 4.39. The first-order valence-corrected chi connectivity index (χ1v) is 10.0. The Labute approximate surface area is 162 Å². The lowest BCUT2D eigenvalue weighted by Gasteiger charge is -2.40. The molecule has 1 heterocycles. The van der Waals surface area contributed by atoms with Gasteiger partial charge in [-0.1, -0.05) is 30.3 Å². The molecule has 5 nitrogen and oxygen atoms in total. The SMILES string of the molecule is CC(C)(C)OC(=O)N[C@@H]1CC[C@H](N2CCC(C#N)(c3ccccc3)CC2)C1. The quantitative estimate of drug-likeness (QED) is 0.875. The minimum absolute atomic E-state index is 0.182. The fourth-order valence-corrected chi connectivity index (χ4v) is 4.39. The molecule has 0 radical (unpaired) electrons. The van der Waals surface area contributed by atoms with Crippen LogP contribution in [0.2, 0.25) is 0 Å². The van der Waals surface area contributed by atoms with Crippen molar-refractivity contribution in [3.8, 4) is 6.07 Å². The minimum atomic E-state index is -0.465. The van der Waals surface area contributed by atoms with Gasteiger partial charge in [-0.3, -0.25) is 0 Å². The van der Waals surface area contributed by atoms with E-state index >= 15 is 0 Å². The van der Waals surface area contributed by atoms with Gasteiger partial charge in [-0.15, -0.1) is 0 Å². The van der Waals surface area contributed by atoms with Crippen LogP contribution in [0.4, 0.5) is 4.79 Å². The molecule has 1 aliphatic carbocycles. The first kappa shape index (κ1) is 19.7. The van der Waals surface area contributed by atoms with Crippen molar-refractivity contribution in [1.82, 2.24) is 10.2 Å². The van der Waals surface area contributed by atoms with E-state index in [9.17, 15) is 10.1 Å². The number of benzene rings is 1. The van der Waals surface area contributed by atoms with Gasteiger partial charge in [-0.05, 0) is 58.4 Å². The topological polar surface area (TPSA) is 65.4 Å². The Morgan fingerprint density at radius 2 is 1.89 bits per heavy atom. The summed E-state index contributed by atoms with van der Waals surface area (Å²) >= 11 is 0. The van der Waals surface area contributed by atoms with Crippen molar-refractivity contribution >= 4 is 6.09 Å². The molecule has 1 N–H and O–H groups in total. The molecule has 2 aliphatic rings. The smallest absolute Gasteiger partial charge is 0.407 e. The zero-order valence-electron chi connectivity index (χ0n) is 16.7. The van der Waals surface area contributed by atoms with E-state index in [1.165, 1.54) is 0 Å². The van der Waals surface area contributed by atoms with Crippen molar-refractivity contribution in [2.45, 2.75) is 76.0 Å². The lowest BCUT2D eigenvalue weighted by molar-refractivity contribution is 0.0502. The van der Waals surface area contributed by atoms with Crippen LogP contribution in [0.15, 0.2) is 30.3 Å². The third kappa shape index (κ3) is 4.81. The van der Waals surface area contributed by atoms with Crippen LogP contribution < -0.4 is 5.32 Å². The standard InChI is InChI=1S/C22H31N3O2/c1-21(2,3)27-20(26)24-18-9-10-19(15-18)25-13-11-22(16-23,12-14-25)17-7-5-4-6-8-17/h4-8,18-19H,9-15H2,1-3H3,(H,24,26)/t18-,19+/m1/s1. The van der Waals surface area contributed by atoms with Crippen LogP contribution in [0.1, 0.15) is 58.4 Å². The number of carbonyl (C=O) groups excluding carboxylic acids is 1. The van der Waals surface area contributed by atoms with Gasteiger partial charge in [0, 0.05) is 25.2 Å². The molecule has 1 amide bonds. The summed E-state index contributed by atoms with van der Waals surface area (Å²) in [6.07, 6.45) is 4.46. The van der Waals surface area contributed by atoms with Gasteiger partial charge in [-0.25, -0.2) is 4.79 Å². The molecule has 0 unspecified atom stereocenters. The molecule has 27 heavy (non-hydrogen) atoms. The van der Waals surface area contributed by atoms with Crippen LogP contribution in [0.5, 0.6) is 0 Å². The summed E-state index contributed by atoms with van der Waals surface area (Å²) in [4.78, 5) is 14.5. The maximum absolute atomic E-state index is 12.0. The van der Waals surface area contributed by atoms with Gasteiger partial charge in [-0.2, -0.15) is 5.26 Å². The summed E-state index contributed by atoms with van der Waals surface area (Å²) in [7, 11) is 0. The summed E-state index contributed by atoms with van der Waals surface area (Å²) in [5, 5.41) is 12.9. The Kier molecular flexibility index (Phi) is 5.76. The minimum Gasteiger partial charge on any atom is -0.444 e. The molecule has 1 saturated heterocycles. The molecule has 5 heteroatoms. The molecule has 2 atom stereocenters. The molecule has 1 aliphatic heterocycles. The van der Waals surface area contributed by atoms with E-state index in [1.807, 2.05) is 39.0 Å². The molecule has 1 aromatic carbocycles. The first-order valence-electron chi connectivity index (χ1n) is 10.0. The maximum Gasteiger partial charge on any atom is 0.407 e. The number of rotatable bonds is 3. The van der Waals surface area contributed by atoms with E-state index in [0.717, 1.165) is 50.8 Å². The van der Waals surface area contributed by atoms with Gasteiger partial charge < -0.3 is 15.0 Å². The Bertz CT molecular complexity index is 682. The number of hydrogen-bond donors (Lipinski definition) is 1. The number of amides is 1. The highest BCUT2D eigenvalue weighted by Gasteiger charge is 2.40. The summed E-state index contributed by atoms with van der Waals surface area (Å²) < 4.78 is 5.37. The average Bonchev–Trinajstić information content (AvgIpc) is 3.09. The number of hydrogen-bond acceptors (Lipinski definition) is 4. The van der Waals surface area contributed by atoms with Crippen LogP contribution in [-0.2, 0) is 10.2 Å². The Hall–Kier alpha value is -2.06. The Morgan fingerprint density at radius 3 is 2.48 bits per heavy atom. The van der Waals surface area contributed by atoms with Gasteiger partial charge in [0.25, 0.3) is 0 Å². The van der Waals surface area contributed by atoms with E-state index in [1.54, 1.807) is 0 Å². The number of nitrogens with one attached hydrogen (secondary N) is 1. The van der Waals surface area contributed by atoms with Crippen LogP contribution in [0.25, 0.3) is 0 Å². The zero-order chi connectivity index (χ0) is 19.5. The van der Waals surface area contributed by atoms with Gasteiger partial charge in [0.05, 0.1) is 11.5 Å². The summed E-state index contributed by atoms with van der Waals surface area (Å²) in [5.41, 5.74) is 0.320. The van der Waals surface area contributed by atoms with Crippen molar-refractivity contribution in [3.05, 3.63) is 35.9 Å². The average molecular weight is 370 g/mol. The van der Waals surface area contributed by atoms with Crippen molar-refractivity contribution in [3.63, 3.8) is 0 Å². The molecule has 0 aromatic heterocycles. The van der Waals surface area contributed by atoms with E-state index in [0.29, 0.717) is 6.04 Å². The van der Waals surface area contributed by atoms with Crippen LogP contribution in [-0.4, -0.2) is 41.8 Å². The van der Waals surface area contributed by atoms with Crippen molar-refractivity contribution in [1.29, 1.82) is 5.26 Å². The molecule has 146 valence electrons. The molecule has 0 spiro atoms. The molecule has 2 fully saturated rings. The van der Waals surface area contributed by atoms with Gasteiger partial charge in [0.2, 0.25) is 0 Å². The second-order valence-electron chi connectivity index (χ2n) is 8.91. The van der Waals surface area contributed by atoms with Crippen molar-refractivity contribution < 1.29 is 9.53 Å². The fraction of sp³-hybridized carbons (Fsp3) is 0.636. The number of piperidine rings is 1. The lowest BCUT2D eigenvalue weighted by Crippen LogP contribution is -2.46. The first-order chi connectivity index (χ1) is 12.8. The molecule has 0 bridgehead atoms. The largest absolute Gasteiger partial charge is 0.444 e. The molecule has 1 saturated carbocycles. The monoisotopic (exact) mass is 369 g/mol. The number of ether oxygens (including phenoxy) is 1. The third-order valence-electron chi connectivity index (χ3n) is 5.83. The van der Waals surface area contributed by atoms with E-state index in [2.05, 4.69) is 28.4 Å². The van der Waals surface area contributed by atoms with E-state index in [4.69, 9.17) is 4.74 Å². The highest BCUT2D eigenvalue weighted by atomic mass is 16.6. The summed E-state index contributed by atoms with van der Waals surface area (Å²) in [6, 6.07) is 13.5. The highest BCUT2D eigenvalue weighted by molar-refractivity contribution is 5.68. The number of nitrogens with zero attached hydrogens (tertiary/aromatic N) is 2. The maximum atomic E-state index is 12.0. The van der Waals surface area contributed by atoms with Crippen LogP contribution >= 0.6 is 0 Å². The van der Waals surface area contributed by atoms with Crippen molar-refractivity contribution in [2.24, 2.45) is 0 Å². The normalized spacial score (nSPS) is 25.6. The second-order valence-corrected chi connectivity index (χ2v) is 8.91. The second kappa shape index (κ2) is 7.90. The van der Waals surface area contributed by atoms with Crippen LogP contribution in [0.3, 0.4) is 0 Å². The summed E-state index contributed by atoms with van der Waals surface area (Å²) in [5.74, 6) is 0. The summed E-state index contributed by atoms with van der Waals surface area (Å²) in [6.45, 7) is 7.52. The Balaban J connectivity index is 1.52. The lowest BCUT2D eigenvalue weighted by atomic mass is 9.74. The van der Waals surface area contributed by atoms with Crippen molar-refractivity contribution in [2.75, 3.05) is 13.1 Å². The van der Waals surface area contributed by atoms with E-state index < -0.39 is 5.60 Å².